The van der Waals surface area contributed by atoms with Crippen LogP contribution in [0.25, 0.3) is 0 Å². The van der Waals surface area contributed by atoms with E-state index in [-0.39, 0.29) is 5.57 Å². The number of carbonyl (C=O) groups is 2. The summed E-state index contributed by atoms with van der Waals surface area (Å²) in [5.41, 5.74) is 1.85. The van der Waals surface area contributed by atoms with Crippen molar-refractivity contribution in [1.29, 1.82) is 5.26 Å². The predicted molar refractivity (Wildman–Crippen MR) is 105 cm³/mol. The van der Waals surface area contributed by atoms with Crippen LogP contribution in [0.4, 0.5) is 11.4 Å². The first-order chi connectivity index (χ1) is 13.1. The van der Waals surface area contributed by atoms with Crippen molar-refractivity contribution in [3.63, 3.8) is 0 Å². The van der Waals surface area contributed by atoms with Crippen molar-refractivity contribution in [1.82, 2.24) is 0 Å². The van der Waals surface area contributed by atoms with Gasteiger partial charge in [-0.3, -0.25) is 4.79 Å². The molecule has 0 aromatic heterocycles. The van der Waals surface area contributed by atoms with Gasteiger partial charge in [0.15, 0.2) is 6.61 Å². The summed E-state index contributed by atoms with van der Waals surface area (Å²) in [6, 6.07) is 16.5. The highest BCUT2D eigenvalue weighted by Gasteiger charge is 2.28. The van der Waals surface area contributed by atoms with Gasteiger partial charge in [-0.05, 0) is 24.3 Å². The maximum Gasteiger partial charge on any atom is 0.340 e. The fraction of sp³-hybridized carbons (Fsp3) is 0.150. The summed E-state index contributed by atoms with van der Waals surface area (Å²) in [7, 11) is 3.49. The lowest BCUT2D eigenvalue weighted by Crippen LogP contribution is -2.20. The number of fused-ring (bicyclic) bond motifs is 1. The summed E-state index contributed by atoms with van der Waals surface area (Å²) in [4.78, 5) is 27.6. The number of rotatable bonds is 5. The van der Waals surface area contributed by atoms with Crippen molar-refractivity contribution in [2.45, 2.75) is 4.90 Å². The van der Waals surface area contributed by atoms with Crippen molar-refractivity contribution in [2.75, 3.05) is 30.9 Å². The van der Waals surface area contributed by atoms with Crippen LogP contribution in [0.3, 0.4) is 0 Å². The molecule has 0 unspecified atom stereocenters. The van der Waals surface area contributed by atoms with Crippen molar-refractivity contribution in [3.8, 4) is 6.07 Å². The maximum absolute atomic E-state index is 12.5. The summed E-state index contributed by atoms with van der Waals surface area (Å²) >= 11 is 1.35. The molecule has 0 bridgehead atoms. The fourth-order valence-electron chi connectivity index (χ4n) is 2.71. The molecule has 0 saturated carbocycles. The second-order valence-electron chi connectivity index (χ2n) is 5.72. The third-order valence-electron chi connectivity index (χ3n) is 4.09. The number of nitrogens with zero attached hydrogens (tertiary/aromatic N) is 2. The Kier molecular flexibility index (Phi) is 5.48. The second-order valence-corrected chi connectivity index (χ2v) is 6.75. The van der Waals surface area contributed by atoms with Crippen molar-refractivity contribution in [2.24, 2.45) is 0 Å². The van der Waals surface area contributed by atoms with E-state index in [0.29, 0.717) is 16.3 Å². The Balaban J connectivity index is 1.76. The van der Waals surface area contributed by atoms with Gasteiger partial charge in [0.1, 0.15) is 16.7 Å². The molecule has 2 aromatic carbocycles. The number of hydrogen-bond acceptors (Lipinski definition) is 7. The van der Waals surface area contributed by atoms with E-state index in [1.54, 1.807) is 43.3 Å². The number of Topliss-reactive ketones (excluding diaryl/α,β-unsaturated/α-hetero) is 1. The Morgan fingerprint density at radius 1 is 1.19 bits per heavy atom. The minimum Gasteiger partial charge on any atom is -0.454 e. The van der Waals surface area contributed by atoms with Gasteiger partial charge < -0.3 is 15.0 Å². The van der Waals surface area contributed by atoms with Crippen LogP contribution in [-0.4, -0.2) is 32.5 Å². The average Bonchev–Trinajstić information content (AvgIpc) is 3.03. The number of para-hydroxylation sites is 2. The van der Waals surface area contributed by atoms with E-state index >= 15 is 0 Å². The van der Waals surface area contributed by atoms with Crippen LogP contribution >= 0.6 is 11.8 Å². The molecule has 0 spiro atoms. The largest absolute Gasteiger partial charge is 0.454 e. The number of carbonyl (C=O) groups excluding carboxylic acids is 2. The smallest absolute Gasteiger partial charge is 0.340 e. The van der Waals surface area contributed by atoms with Gasteiger partial charge >= 0.3 is 5.97 Å². The van der Waals surface area contributed by atoms with Crippen LogP contribution in [0.2, 0.25) is 0 Å². The molecule has 0 saturated heterocycles. The van der Waals surface area contributed by atoms with E-state index in [4.69, 9.17) is 4.74 Å². The van der Waals surface area contributed by atoms with E-state index in [1.807, 2.05) is 30.3 Å². The van der Waals surface area contributed by atoms with E-state index < -0.39 is 18.4 Å². The van der Waals surface area contributed by atoms with Gasteiger partial charge in [-0.1, -0.05) is 36.0 Å². The highest BCUT2D eigenvalue weighted by molar-refractivity contribution is 8.03. The van der Waals surface area contributed by atoms with Gasteiger partial charge in [-0.15, -0.1) is 0 Å². The Hall–Kier alpha value is -3.24. The van der Waals surface area contributed by atoms with Gasteiger partial charge in [-0.2, -0.15) is 5.26 Å². The lowest BCUT2D eigenvalue weighted by Gasteiger charge is -2.15. The zero-order valence-corrected chi connectivity index (χ0v) is 15.7. The molecule has 27 heavy (non-hydrogen) atoms. The summed E-state index contributed by atoms with van der Waals surface area (Å²) < 4.78 is 5.15. The van der Waals surface area contributed by atoms with Crippen LogP contribution in [0.5, 0.6) is 0 Å². The molecule has 7 heteroatoms. The molecule has 1 N–H and O–H groups in total. The number of nitriles is 1. The van der Waals surface area contributed by atoms with Crippen LogP contribution in [0.15, 0.2) is 64.0 Å². The normalized spacial score (nSPS) is 14.2. The van der Waals surface area contributed by atoms with Crippen molar-refractivity contribution in [3.05, 3.63) is 64.7 Å². The molecular weight excluding hydrogens is 362 g/mol. The molecule has 136 valence electrons. The predicted octanol–water partition coefficient (Wildman–Crippen LogP) is 3.43. The zero-order chi connectivity index (χ0) is 19.4. The molecule has 1 aliphatic heterocycles. The topological polar surface area (TPSA) is 82.4 Å². The molecule has 1 aliphatic rings. The van der Waals surface area contributed by atoms with Crippen LogP contribution in [-0.2, 0) is 9.53 Å². The molecule has 0 aliphatic carbocycles. The fourth-order valence-corrected chi connectivity index (χ4v) is 3.87. The molecular formula is C20H17N3O3S. The number of ether oxygens (including phenoxy) is 1. The Morgan fingerprint density at radius 2 is 1.89 bits per heavy atom. The Morgan fingerprint density at radius 3 is 2.59 bits per heavy atom. The van der Waals surface area contributed by atoms with Gasteiger partial charge in [-0.25, -0.2) is 4.79 Å². The highest BCUT2D eigenvalue weighted by atomic mass is 32.2. The number of nitrogens with one attached hydrogen (secondary N) is 1. The van der Waals surface area contributed by atoms with Gasteiger partial charge in [0.2, 0.25) is 5.78 Å². The monoisotopic (exact) mass is 379 g/mol. The third-order valence-corrected chi connectivity index (χ3v) is 5.33. The minimum atomic E-state index is -0.619. The van der Waals surface area contributed by atoms with E-state index in [2.05, 4.69) is 5.32 Å². The molecule has 3 rings (SSSR count). The lowest BCUT2D eigenvalue weighted by atomic mass is 10.1. The first-order valence-corrected chi connectivity index (χ1v) is 9.00. The molecule has 0 atom stereocenters. The van der Waals surface area contributed by atoms with Gasteiger partial charge in [0, 0.05) is 24.7 Å². The van der Waals surface area contributed by atoms with Crippen molar-refractivity contribution < 1.29 is 14.3 Å². The van der Waals surface area contributed by atoms with E-state index in [0.717, 1.165) is 10.6 Å². The highest BCUT2D eigenvalue weighted by Crippen LogP contribution is 2.46. The van der Waals surface area contributed by atoms with E-state index in [1.165, 1.54) is 11.8 Å². The molecule has 1 heterocycles. The van der Waals surface area contributed by atoms with Crippen molar-refractivity contribution >= 4 is 34.9 Å². The van der Waals surface area contributed by atoms with Crippen LogP contribution < -0.4 is 10.2 Å². The van der Waals surface area contributed by atoms with Gasteiger partial charge in [0.25, 0.3) is 0 Å². The average molecular weight is 379 g/mol. The summed E-state index contributed by atoms with van der Waals surface area (Å²) in [6.07, 6.45) is 0. The quantitative estimate of drug-likeness (QED) is 0.484. The number of thioether (sulfide) groups is 1. The summed E-state index contributed by atoms with van der Waals surface area (Å²) in [5.74, 6) is -1.15. The van der Waals surface area contributed by atoms with Crippen LogP contribution in [0.1, 0.15) is 10.4 Å². The van der Waals surface area contributed by atoms with Gasteiger partial charge in [0.05, 0.1) is 11.3 Å². The molecule has 0 fully saturated rings. The Bertz CT molecular complexity index is 978. The standard InChI is InChI=1S/C20H17N3O3S/c1-22-15-8-4-3-7-13(15)20(25)26-12-17(24)14(11-21)19-23(2)16-9-5-6-10-18(16)27-19/h3-10,22H,12H2,1-2H3/b19-14-. The molecule has 2 aromatic rings. The molecule has 0 amide bonds. The first-order valence-electron chi connectivity index (χ1n) is 8.19. The summed E-state index contributed by atoms with van der Waals surface area (Å²) in [5, 5.41) is 12.9. The minimum absolute atomic E-state index is 0.0200. The SMILES string of the molecule is CNc1ccccc1C(=O)OCC(=O)/C(C#N)=C1\Sc2ccccc2N1C. The first kappa shape index (κ1) is 18.5. The zero-order valence-electron chi connectivity index (χ0n) is 14.9. The lowest BCUT2D eigenvalue weighted by molar-refractivity contribution is -0.118. The summed E-state index contributed by atoms with van der Waals surface area (Å²) in [6.45, 7) is -0.492. The number of esters is 1. The molecule has 6 nitrogen and oxygen atoms in total. The number of ketones is 1. The second kappa shape index (κ2) is 7.98. The van der Waals surface area contributed by atoms with E-state index in [9.17, 15) is 14.9 Å². The number of anilines is 2. The third kappa shape index (κ3) is 3.66. The maximum atomic E-state index is 12.5. The molecule has 0 radical (unpaired) electrons. The Labute approximate surface area is 161 Å². The number of hydrogen-bond donors (Lipinski definition) is 1. The van der Waals surface area contributed by atoms with Crippen LogP contribution in [0, 0.1) is 11.3 Å². The number of benzene rings is 2.